The van der Waals surface area contributed by atoms with Gasteiger partial charge in [0, 0.05) is 38.2 Å². The van der Waals surface area contributed by atoms with Crippen LogP contribution in [0.5, 0.6) is 5.88 Å². The number of pyridine rings is 1. The molecule has 0 unspecified atom stereocenters. The molecule has 0 atom stereocenters. The Bertz CT molecular complexity index is 321. The Morgan fingerprint density at radius 1 is 1.17 bits per heavy atom. The molecular weight excluding hydrogens is 232 g/mol. The van der Waals surface area contributed by atoms with Crippen molar-refractivity contribution in [2.45, 2.75) is 12.8 Å². The Labute approximate surface area is 108 Å². The molecule has 0 saturated carbocycles. The molecule has 0 fully saturated rings. The predicted octanol–water partition coefficient (Wildman–Crippen LogP) is 1.95. The summed E-state index contributed by atoms with van der Waals surface area (Å²) in [5, 5.41) is 3.32. The van der Waals surface area contributed by atoms with Crippen molar-refractivity contribution in [3.8, 4) is 5.88 Å². The van der Waals surface area contributed by atoms with Crippen molar-refractivity contribution in [1.29, 1.82) is 0 Å². The number of nitrogens with one attached hydrogen (secondary N) is 1. The van der Waals surface area contributed by atoms with E-state index in [-0.39, 0.29) is 0 Å². The van der Waals surface area contributed by atoms with E-state index >= 15 is 0 Å². The van der Waals surface area contributed by atoms with E-state index in [1.807, 2.05) is 12.1 Å². The summed E-state index contributed by atoms with van der Waals surface area (Å²) in [6.45, 7) is 3.03. The van der Waals surface area contributed by atoms with Gasteiger partial charge < -0.3 is 19.5 Å². The second-order valence-electron chi connectivity index (χ2n) is 3.83. The third kappa shape index (κ3) is 6.42. The minimum absolute atomic E-state index is 0.628. The van der Waals surface area contributed by atoms with Gasteiger partial charge in [0.05, 0.1) is 20.3 Å². The third-order valence-electron chi connectivity index (χ3n) is 2.42. The highest BCUT2D eigenvalue weighted by Gasteiger charge is 1.96. The lowest BCUT2D eigenvalue weighted by molar-refractivity contribution is 0.0691. The second-order valence-corrected chi connectivity index (χ2v) is 3.83. The van der Waals surface area contributed by atoms with Crippen molar-refractivity contribution in [1.82, 2.24) is 4.98 Å². The largest absolute Gasteiger partial charge is 0.481 e. The van der Waals surface area contributed by atoms with Crippen LogP contribution in [0.4, 0.5) is 5.69 Å². The first kappa shape index (κ1) is 14.7. The molecule has 1 heterocycles. The highest BCUT2D eigenvalue weighted by molar-refractivity contribution is 5.44. The van der Waals surface area contributed by atoms with Gasteiger partial charge >= 0.3 is 0 Å². The van der Waals surface area contributed by atoms with Gasteiger partial charge in [-0.1, -0.05) is 0 Å². The van der Waals surface area contributed by atoms with E-state index in [9.17, 15) is 0 Å². The minimum Gasteiger partial charge on any atom is -0.481 e. The zero-order valence-electron chi connectivity index (χ0n) is 11.1. The fourth-order valence-electron chi connectivity index (χ4n) is 1.44. The van der Waals surface area contributed by atoms with Crippen LogP contribution in [-0.2, 0) is 9.47 Å². The number of methoxy groups -OCH3 is 2. The molecule has 5 heteroatoms. The van der Waals surface area contributed by atoms with Crippen LogP contribution >= 0.6 is 0 Å². The van der Waals surface area contributed by atoms with E-state index in [4.69, 9.17) is 14.2 Å². The zero-order chi connectivity index (χ0) is 13.1. The number of hydrogen-bond donors (Lipinski definition) is 1. The number of aromatic nitrogens is 1. The van der Waals surface area contributed by atoms with Crippen LogP contribution < -0.4 is 10.1 Å². The Morgan fingerprint density at radius 3 is 2.83 bits per heavy atom. The Kier molecular flexibility index (Phi) is 7.92. The fourth-order valence-corrected chi connectivity index (χ4v) is 1.44. The van der Waals surface area contributed by atoms with Gasteiger partial charge in [0.25, 0.3) is 0 Å². The fraction of sp³-hybridized carbons (Fsp3) is 0.615. The number of ether oxygens (including phenoxy) is 3. The van der Waals surface area contributed by atoms with Crippen molar-refractivity contribution in [2.24, 2.45) is 0 Å². The zero-order valence-corrected chi connectivity index (χ0v) is 11.1. The SMILES string of the molecule is COCCOCCCCNc1ccnc(OC)c1. The summed E-state index contributed by atoms with van der Waals surface area (Å²) in [5.41, 5.74) is 1.03. The number of nitrogens with zero attached hydrogens (tertiary/aromatic N) is 1. The lowest BCUT2D eigenvalue weighted by atomic mass is 10.3. The minimum atomic E-state index is 0.628. The van der Waals surface area contributed by atoms with Crippen LogP contribution in [0, 0.1) is 0 Å². The van der Waals surface area contributed by atoms with Gasteiger partial charge in [0.2, 0.25) is 5.88 Å². The summed E-state index contributed by atoms with van der Waals surface area (Å²) in [7, 11) is 3.29. The molecule has 102 valence electrons. The molecule has 1 N–H and O–H groups in total. The molecule has 5 nitrogen and oxygen atoms in total. The molecular formula is C13H22N2O3. The average molecular weight is 254 g/mol. The van der Waals surface area contributed by atoms with E-state index in [0.717, 1.165) is 31.7 Å². The first-order valence-electron chi connectivity index (χ1n) is 6.17. The summed E-state index contributed by atoms with van der Waals surface area (Å²) < 4.78 is 15.3. The molecule has 0 bridgehead atoms. The first-order valence-corrected chi connectivity index (χ1v) is 6.17. The van der Waals surface area contributed by atoms with Crippen molar-refractivity contribution in [3.05, 3.63) is 18.3 Å². The van der Waals surface area contributed by atoms with Gasteiger partial charge in [-0.25, -0.2) is 4.98 Å². The molecule has 0 spiro atoms. The maximum Gasteiger partial charge on any atom is 0.214 e. The van der Waals surface area contributed by atoms with Gasteiger partial charge in [0.1, 0.15) is 0 Å². The van der Waals surface area contributed by atoms with Gasteiger partial charge in [0.15, 0.2) is 0 Å². The summed E-state index contributed by atoms with van der Waals surface area (Å²) in [6, 6.07) is 3.81. The van der Waals surface area contributed by atoms with Gasteiger partial charge in [-0.15, -0.1) is 0 Å². The monoisotopic (exact) mass is 254 g/mol. The Morgan fingerprint density at radius 2 is 2.06 bits per heavy atom. The molecule has 0 amide bonds. The molecule has 0 aliphatic carbocycles. The smallest absolute Gasteiger partial charge is 0.214 e. The van der Waals surface area contributed by atoms with E-state index in [1.165, 1.54) is 0 Å². The molecule has 1 rings (SSSR count). The molecule has 0 saturated heterocycles. The van der Waals surface area contributed by atoms with Gasteiger partial charge in [-0.05, 0) is 18.9 Å². The molecule has 0 aliphatic heterocycles. The molecule has 0 radical (unpaired) electrons. The highest BCUT2D eigenvalue weighted by Crippen LogP contribution is 2.13. The lowest BCUT2D eigenvalue weighted by Gasteiger charge is -2.07. The van der Waals surface area contributed by atoms with Crippen LogP contribution in [0.1, 0.15) is 12.8 Å². The second kappa shape index (κ2) is 9.67. The number of unbranched alkanes of at least 4 members (excludes halogenated alkanes) is 1. The molecule has 1 aromatic rings. The molecule has 0 aliphatic rings. The molecule has 18 heavy (non-hydrogen) atoms. The maximum absolute atomic E-state index is 5.38. The molecule has 1 aromatic heterocycles. The summed E-state index contributed by atoms with van der Waals surface area (Å²) in [4.78, 5) is 4.05. The topological polar surface area (TPSA) is 52.6 Å². The van der Waals surface area contributed by atoms with Crippen LogP contribution in [0.15, 0.2) is 18.3 Å². The van der Waals surface area contributed by atoms with Crippen LogP contribution in [0.3, 0.4) is 0 Å². The van der Waals surface area contributed by atoms with E-state index in [1.54, 1.807) is 20.4 Å². The van der Waals surface area contributed by atoms with E-state index in [2.05, 4.69) is 10.3 Å². The standard InChI is InChI=1S/C13H22N2O3/c1-16-9-10-18-8-4-3-6-14-12-5-7-15-13(11-12)17-2/h5,7,11H,3-4,6,8-10H2,1-2H3,(H,14,15). The average Bonchev–Trinajstić information content (AvgIpc) is 2.42. The number of anilines is 1. The van der Waals surface area contributed by atoms with Crippen molar-refractivity contribution in [2.75, 3.05) is 45.9 Å². The van der Waals surface area contributed by atoms with E-state index in [0.29, 0.717) is 19.1 Å². The number of hydrogen-bond acceptors (Lipinski definition) is 5. The van der Waals surface area contributed by atoms with Crippen molar-refractivity contribution in [3.63, 3.8) is 0 Å². The molecule has 0 aromatic carbocycles. The lowest BCUT2D eigenvalue weighted by Crippen LogP contribution is -2.06. The Balaban J connectivity index is 2.03. The van der Waals surface area contributed by atoms with Crippen LogP contribution in [0.25, 0.3) is 0 Å². The maximum atomic E-state index is 5.38. The predicted molar refractivity (Wildman–Crippen MR) is 71.2 cm³/mol. The Hall–Kier alpha value is -1.33. The van der Waals surface area contributed by atoms with Crippen molar-refractivity contribution < 1.29 is 14.2 Å². The van der Waals surface area contributed by atoms with Crippen LogP contribution in [0.2, 0.25) is 0 Å². The summed E-state index contributed by atoms with van der Waals surface area (Å²) in [5.74, 6) is 0.628. The first-order chi connectivity index (χ1) is 8.86. The van der Waals surface area contributed by atoms with Gasteiger partial charge in [-0.2, -0.15) is 0 Å². The van der Waals surface area contributed by atoms with Gasteiger partial charge in [-0.3, -0.25) is 0 Å². The summed E-state index contributed by atoms with van der Waals surface area (Å²) in [6.07, 6.45) is 3.84. The third-order valence-corrected chi connectivity index (χ3v) is 2.42. The van der Waals surface area contributed by atoms with Crippen LogP contribution in [-0.4, -0.2) is 45.6 Å². The number of rotatable bonds is 10. The summed E-state index contributed by atoms with van der Waals surface area (Å²) >= 11 is 0. The van der Waals surface area contributed by atoms with E-state index < -0.39 is 0 Å². The quantitative estimate of drug-likeness (QED) is 0.647. The van der Waals surface area contributed by atoms with Crippen molar-refractivity contribution >= 4 is 5.69 Å². The highest BCUT2D eigenvalue weighted by atomic mass is 16.5. The normalized spacial score (nSPS) is 10.3.